The van der Waals surface area contributed by atoms with Gasteiger partial charge >= 0.3 is 6.01 Å². The quantitative estimate of drug-likeness (QED) is 0.451. The van der Waals surface area contributed by atoms with E-state index in [1.165, 1.54) is 19.2 Å². The molecule has 2 aromatic heterocycles. The number of hydrogen-bond donors (Lipinski definition) is 2. The van der Waals surface area contributed by atoms with Gasteiger partial charge in [0.05, 0.1) is 30.4 Å². The number of carbonyl (C=O) groups is 1. The van der Waals surface area contributed by atoms with E-state index in [0.717, 1.165) is 30.4 Å². The number of primary amides is 1. The van der Waals surface area contributed by atoms with Crippen molar-refractivity contribution in [3.05, 3.63) is 65.0 Å². The lowest BCUT2D eigenvalue weighted by Gasteiger charge is -2.16. The normalized spacial score (nSPS) is 13.1. The van der Waals surface area contributed by atoms with Crippen LogP contribution >= 0.6 is 0 Å². The number of aromatic nitrogens is 4. The Morgan fingerprint density at radius 3 is 2.85 bits per heavy atom. The first-order valence-electron chi connectivity index (χ1n) is 10.9. The van der Waals surface area contributed by atoms with E-state index >= 15 is 0 Å². The van der Waals surface area contributed by atoms with Crippen LogP contribution in [0.25, 0.3) is 17.0 Å². The molecule has 0 radical (unpaired) electrons. The van der Waals surface area contributed by atoms with Crippen LogP contribution in [0.2, 0.25) is 0 Å². The summed E-state index contributed by atoms with van der Waals surface area (Å²) in [5.41, 5.74) is 8.40. The van der Waals surface area contributed by atoms with Gasteiger partial charge in [-0.05, 0) is 49.1 Å². The summed E-state index contributed by atoms with van der Waals surface area (Å²) >= 11 is 0. The molecule has 4 aromatic rings. The standard InChI is InChI=1S/C24H23FN6O3/c1-33-24-28-19-16(20(26)32)9-5-10-18(19)31(24)23-29-21(17-8-2-3-11-34-22(17)30-23)27-13-14-6-4-7-15(25)12-14/h4-7,9-10,12H,2-3,8,11,13H2,1H3,(H2,26,32)(H,27,29,30). The Morgan fingerprint density at radius 2 is 2.06 bits per heavy atom. The summed E-state index contributed by atoms with van der Waals surface area (Å²) in [6.45, 7) is 0.911. The molecule has 0 saturated carbocycles. The van der Waals surface area contributed by atoms with E-state index in [1.54, 1.807) is 28.8 Å². The zero-order valence-corrected chi connectivity index (χ0v) is 18.5. The number of nitrogens with one attached hydrogen (secondary N) is 1. The highest BCUT2D eigenvalue weighted by Gasteiger charge is 2.24. The van der Waals surface area contributed by atoms with Crippen molar-refractivity contribution in [3.8, 4) is 17.8 Å². The Bertz CT molecular complexity index is 1390. The number of fused-ring (bicyclic) bond motifs is 2. The maximum absolute atomic E-state index is 13.7. The summed E-state index contributed by atoms with van der Waals surface area (Å²) in [6, 6.07) is 11.7. The van der Waals surface area contributed by atoms with E-state index < -0.39 is 5.91 Å². The van der Waals surface area contributed by atoms with Gasteiger partial charge in [0, 0.05) is 6.54 Å². The van der Waals surface area contributed by atoms with Crippen molar-refractivity contribution in [2.45, 2.75) is 25.8 Å². The van der Waals surface area contributed by atoms with E-state index in [1.807, 2.05) is 6.07 Å². The summed E-state index contributed by atoms with van der Waals surface area (Å²) in [4.78, 5) is 25.8. The Morgan fingerprint density at radius 1 is 1.21 bits per heavy atom. The third-order valence-electron chi connectivity index (χ3n) is 5.67. The molecule has 3 N–H and O–H groups in total. The average Bonchev–Trinajstić information content (AvgIpc) is 3.05. The minimum absolute atomic E-state index is 0.202. The van der Waals surface area contributed by atoms with Crippen LogP contribution in [-0.2, 0) is 13.0 Å². The van der Waals surface area contributed by atoms with Gasteiger partial charge in [-0.25, -0.2) is 8.96 Å². The molecule has 1 amide bonds. The number of anilines is 1. The Kier molecular flexibility index (Phi) is 5.70. The van der Waals surface area contributed by atoms with Gasteiger partial charge in [-0.15, -0.1) is 0 Å². The summed E-state index contributed by atoms with van der Waals surface area (Å²) in [5, 5.41) is 3.32. The van der Waals surface area contributed by atoms with Crippen LogP contribution in [0.15, 0.2) is 42.5 Å². The minimum Gasteiger partial charge on any atom is -0.477 e. The van der Waals surface area contributed by atoms with Crippen LogP contribution in [0.1, 0.15) is 34.3 Å². The van der Waals surface area contributed by atoms with E-state index in [2.05, 4.69) is 15.3 Å². The lowest BCUT2D eigenvalue weighted by molar-refractivity contribution is 0.100. The first kappa shape index (κ1) is 21.6. The number of benzene rings is 2. The molecule has 0 spiro atoms. The molecule has 2 aromatic carbocycles. The Hall–Kier alpha value is -4.21. The molecule has 0 saturated heterocycles. The number of amides is 1. The predicted octanol–water partition coefficient (Wildman–Crippen LogP) is 3.39. The minimum atomic E-state index is -0.596. The summed E-state index contributed by atoms with van der Waals surface area (Å²) in [7, 11) is 1.48. The molecule has 174 valence electrons. The van der Waals surface area contributed by atoms with Crippen molar-refractivity contribution in [3.63, 3.8) is 0 Å². The largest absolute Gasteiger partial charge is 0.477 e. The molecule has 0 atom stereocenters. The van der Waals surface area contributed by atoms with Gasteiger partial charge in [0.25, 0.3) is 5.91 Å². The number of halogens is 1. The van der Waals surface area contributed by atoms with E-state index in [9.17, 15) is 9.18 Å². The second-order valence-corrected chi connectivity index (χ2v) is 7.92. The molecule has 0 aliphatic carbocycles. The highest BCUT2D eigenvalue weighted by atomic mass is 19.1. The van der Waals surface area contributed by atoms with Crippen molar-refractivity contribution < 1.29 is 18.7 Å². The van der Waals surface area contributed by atoms with Crippen LogP contribution in [0.3, 0.4) is 0 Å². The fourth-order valence-electron chi connectivity index (χ4n) is 4.06. The molecular weight excluding hydrogens is 439 g/mol. The van der Waals surface area contributed by atoms with Gasteiger partial charge in [-0.2, -0.15) is 15.0 Å². The molecule has 0 fully saturated rings. The molecule has 1 aliphatic heterocycles. The van der Waals surface area contributed by atoms with Crippen LogP contribution in [0.5, 0.6) is 11.9 Å². The number of imidazole rings is 1. The van der Waals surface area contributed by atoms with Crippen molar-refractivity contribution in [1.82, 2.24) is 19.5 Å². The smallest absolute Gasteiger partial charge is 0.304 e. The van der Waals surface area contributed by atoms with E-state index in [4.69, 9.17) is 20.2 Å². The molecule has 5 rings (SSSR count). The number of nitrogens with zero attached hydrogens (tertiary/aromatic N) is 4. The van der Waals surface area contributed by atoms with Gasteiger partial charge < -0.3 is 20.5 Å². The molecule has 34 heavy (non-hydrogen) atoms. The number of hydrogen-bond acceptors (Lipinski definition) is 7. The van der Waals surface area contributed by atoms with Gasteiger partial charge in [0.2, 0.25) is 11.8 Å². The average molecular weight is 462 g/mol. The monoisotopic (exact) mass is 462 g/mol. The topological polar surface area (TPSA) is 117 Å². The Labute approximate surface area is 194 Å². The molecule has 0 bridgehead atoms. The highest BCUT2D eigenvalue weighted by Crippen LogP contribution is 2.33. The number of carbonyl (C=O) groups excluding carboxylic acids is 1. The maximum atomic E-state index is 13.7. The van der Waals surface area contributed by atoms with Crippen molar-refractivity contribution in [2.75, 3.05) is 19.0 Å². The van der Waals surface area contributed by atoms with Crippen LogP contribution in [-0.4, -0.2) is 39.1 Å². The van der Waals surface area contributed by atoms with Crippen LogP contribution in [0.4, 0.5) is 10.2 Å². The lowest BCUT2D eigenvalue weighted by Crippen LogP contribution is -2.12. The predicted molar refractivity (Wildman–Crippen MR) is 124 cm³/mol. The van der Waals surface area contributed by atoms with Gasteiger partial charge in [0.15, 0.2) is 0 Å². The molecule has 0 unspecified atom stereocenters. The number of nitrogens with two attached hydrogens (primary N) is 1. The maximum Gasteiger partial charge on any atom is 0.304 e. The lowest BCUT2D eigenvalue weighted by atomic mass is 10.1. The number of rotatable bonds is 6. The first-order valence-corrected chi connectivity index (χ1v) is 10.9. The summed E-state index contributed by atoms with van der Waals surface area (Å²) in [6.07, 6.45) is 2.58. The first-order chi connectivity index (χ1) is 16.5. The number of para-hydroxylation sites is 1. The summed E-state index contributed by atoms with van der Waals surface area (Å²) in [5.74, 6) is 0.426. The fraction of sp³-hybridized carbons (Fsp3) is 0.250. The van der Waals surface area contributed by atoms with Crippen LogP contribution < -0.4 is 20.5 Å². The van der Waals surface area contributed by atoms with E-state index in [0.29, 0.717) is 35.9 Å². The van der Waals surface area contributed by atoms with Crippen molar-refractivity contribution in [2.24, 2.45) is 5.73 Å². The highest BCUT2D eigenvalue weighted by molar-refractivity contribution is 6.04. The summed E-state index contributed by atoms with van der Waals surface area (Å²) < 4.78 is 26.7. The van der Waals surface area contributed by atoms with Crippen molar-refractivity contribution in [1.29, 1.82) is 0 Å². The van der Waals surface area contributed by atoms with Crippen molar-refractivity contribution >= 4 is 22.8 Å². The second-order valence-electron chi connectivity index (χ2n) is 7.92. The molecular formula is C24H23FN6O3. The third-order valence-corrected chi connectivity index (χ3v) is 5.67. The van der Waals surface area contributed by atoms with Crippen LogP contribution in [0, 0.1) is 5.82 Å². The van der Waals surface area contributed by atoms with Gasteiger partial charge in [-0.1, -0.05) is 18.2 Å². The van der Waals surface area contributed by atoms with Gasteiger partial charge in [0.1, 0.15) is 17.2 Å². The third kappa shape index (κ3) is 3.98. The van der Waals surface area contributed by atoms with E-state index in [-0.39, 0.29) is 23.3 Å². The molecule has 10 heteroatoms. The molecule has 3 heterocycles. The Balaban J connectivity index is 1.64. The zero-order chi connectivity index (χ0) is 23.7. The SMILES string of the molecule is COc1nc2c(C(N)=O)cccc2n1-c1nc(NCc2cccc(F)c2)c2c(n1)OCCCC2. The molecule has 9 nitrogen and oxygen atoms in total. The fourth-order valence-corrected chi connectivity index (χ4v) is 4.06. The number of methoxy groups -OCH3 is 1. The zero-order valence-electron chi connectivity index (χ0n) is 18.5. The van der Waals surface area contributed by atoms with Gasteiger partial charge in [-0.3, -0.25) is 4.79 Å². The molecule has 1 aliphatic rings. The number of ether oxygens (including phenoxy) is 2. The second kappa shape index (κ2) is 8.97.